The van der Waals surface area contributed by atoms with Crippen LogP contribution in [0.25, 0.3) is 10.4 Å². The van der Waals surface area contributed by atoms with Crippen LogP contribution in [-0.2, 0) is 14.8 Å². The highest BCUT2D eigenvalue weighted by Gasteiger charge is 2.22. The Morgan fingerprint density at radius 1 is 1.12 bits per heavy atom. The number of ether oxygens (including phenoxy) is 1. The first kappa shape index (κ1) is 25.0. The summed E-state index contributed by atoms with van der Waals surface area (Å²) in [5.41, 5.74) is 0.751. The summed E-state index contributed by atoms with van der Waals surface area (Å²) in [7, 11) is -0.835. The van der Waals surface area contributed by atoms with E-state index in [1.165, 1.54) is 56.6 Å². The van der Waals surface area contributed by atoms with Crippen LogP contribution >= 0.6 is 11.3 Å². The van der Waals surface area contributed by atoms with Crippen LogP contribution in [0.5, 0.6) is 0 Å². The molecule has 0 bridgehead atoms. The number of hydrogen-bond acceptors (Lipinski definition) is 8. The fourth-order valence-corrected chi connectivity index (χ4v) is 4.84. The number of hydrogen-bond donors (Lipinski definition) is 1. The molecule has 2 aromatic carbocycles. The number of nitrogens with zero attached hydrogens (tertiary/aromatic N) is 2. The predicted molar refractivity (Wildman–Crippen MR) is 128 cm³/mol. The molecule has 0 saturated carbocycles. The van der Waals surface area contributed by atoms with E-state index >= 15 is 0 Å². The summed E-state index contributed by atoms with van der Waals surface area (Å²) in [5, 5.41) is 13.8. The number of non-ortho nitro benzene ring substituents is 1. The van der Waals surface area contributed by atoms with Gasteiger partial charge in [0.1, 0.15) is 4.88 Å². The number of nitrogens with one attached hydrogen (secondary N) is 1. The third-order valence-corrected chi connectivity index (χ3v) is 7.67. The largest absolute Gasteiger partial charge is 0.462 e. The number of carbonyl (C=O) groups excluding carboxylic acids is 2. The number of esters is 1. The molecule has 0 radical (unpaired) electrons. The van der Waals surface area contributed by atoms with E-state index in [1.807, 2.05) is 0 Å². The molecule has 3 rings (SSSR count). The van der Waals surface area contributed by atoms with Gasteiger partial charge in [0.15, 0.2) is 0 Å². The minimum absolute atomic E-state index is 0.0322. The van der Waals surface area contributed by atoms with Crippen molar-refractivity contribution in [1.82, 2.24) is 4.31 Å². The Labute approximate surface area is 200 Å². The lowest BCUT2D eigenvalue weighted by atomic mass is 10.1. The Kier molecular flexibility index (Phi) is 7.44. The molecule has 1 aromatic heterocycles. The lowest BCUT2D eigenvalue weighted by Crippen LogP contribution is -2.22. The van der Waals surface area contributed by atoms with Crippen LogP contribution in [-0.4, -0.2) is 50.2 Å². The van der Waals surface area contributed by atoms with Crippen molar-refractivity contribution in [3.63, 3.8) is 0 Å². The van der Waals surface area contributed by atoms with Crippen molar-refractivity contribution in [2.75, 3.05) is 26.0 Å². The molecule has 0 aliphatic heterocycles. The Morgan fingerprint density at radius 3 is 2.38 bits per heavy atom. The molecule has 0 spiro atoms. The highest BCUT2D eigenvalue weighted by Crippen LogP contribution is 2.37. The zero-order valence-corrected chi connectivity index (χ0v) is 20.1. The Balaban J connectivity index is 1.94. The summed E-state index contributed by atoms with van der Waals surface area (Å²) in [4.78, 5) is 36.6. The Bertz CT molecular complexity index is 1350. The highest BCUT2D eigenvalue weighted by molar-refractivity contribution is 7.89. The number of thiophene rings is 1. The van der Waals surface area contributed by atoms with Gasteiger partial charge in [0.05, 0.1) is 22.1 Å². The standard InChI is InChI=1S/C22H21N3O7S2/c1-4-32-22(27)20-18(13-19(33-20)15-6-5-7-16(12-15)25(28)29)23-21(26)14-8-10-17(11-9-14)34(30,31)24(2)3/h5-13H,4H2,1-3H3,(H,23,26). The van der Waals surface area contributed by atoms with Crippen LogP contribution in [0, 0.1) is 10.1 Å². The minimum atomic E-state index is -3.65. The van der Waals surface area contributed by atoms with Crippen LogP contribution in [0.3, 0.4) is 0 Å². The second-order valence-electron chi connectivity index (χ2n) is 7.15. The summed E-state index contributed by atoms with van der Waals surface area (Å²) in [6.07, 6.45) is 0. The second kappa shape index (κ2) is 10.1. The van der Waals surface area contributed by atoms with E-state index in [0.717, 1.165) is 15.6 Å². The van der Waals surface area contributed by atoms with Crippen molar-refractivity contribution >= 4 is 44.6 Å². The maximum Gasteiger partial charge on any atom is 0.350 e. The number of anilines is 1. The van der Waals surface area contributed by atoms with Crippen LogP contribution in [0.4, 0.5) is 11.4 Å². The molecule has 3 aromatic rings. The number of benzene rings is 2. The van der Waals surface area contributed by atoms with Gasteiger partial charge in [0.25, 0.3) is 11.6 Å². The minimum Gasteiger partial charge on any atom is -0.462 e. The van der Waals surface area contributed by atoms with Gasteiger partial charge in [-0.2, -0.15) is 0 Å². The SMILES string of the molecule is CCOC(=O)c1sc(-c2cccc([N+](=O)[O-])c2)cc1NC(=O)c1ccc(S(=O)(=O)N(C)C)cc1. The van der Waals surface area contributed by atoms with Gasteiger partial charge in [-0.25, -0.2) is 17.5 Å². The van der Waals surface area contributed by atoms with Crippen molar-refractivity contribution < 1.29 is 27.7 Å². The third kappa shape index (κ3) is 5.30. The monoisotopic (exact) mass is 503 g/mol. The summed E-state index contributed by atoms with van der Waals surface area (Å²) < 4.78 is 30.6. The van der Waals surface area contributed by atoms with E-state index in [2.05, 4.69) is 5.32 Å². The lowest BCUT2D eigenvalue weighted by Gasteiger charge is -2.11. The van der Waals surface area contributed by atoms with Gasteiger partial charge in [-0.15, -0.1) is 11.3 Å². The molecule has 178 valence electrons. The van der Waals surface area contributed by atoms with Gasteiger partial charge >= 0.3 is 5.97 Å². The molecule has 0 fully saturated rings. The maximum absolute atomic E-state index is 12.8. The number of carbonyl (C=O) groups is 2. The smallest absolute Gasteiger partial charge is 0.350 e. The van der Waals surface area contributed by atoms with Crippen molar-refractivity contribution in [2.45, 2.75) is 11.8 Å². The van der Waals surface area contributed by atoms with E-state index in [-0.39, 0.29) is 33.3 Å². The molecule has 1 amide bonds. The first-order valence-electron chi connectivity index (χ1n) is 9.94. The normalized spacial score (nSPS) is 11.3. The maximum atomic E-state index is 12.8. The predicted octanol–water partition coefficient (Wildman–Crippen LogP) is 4.00. The van der Waals surface area contributed by atoms with Crippen molar-refractivity contribution in [3.05, 3.63) is 75.2 Å². The number of amides is 1. The van der Waals surface area contributed by atoms with Crippen molar-refractivity contribution in [2.24, 2.45) is 0 Å². The molecule has 10 nitrogen and oxygen atoms in total. The molecule has 0 aliphatic carbocycles. The van der Waals surface area contributed by atoms with Crippen molar-refractivity contribution in [3.8, 4) is 10.4 Å². The highest BCUT2D eigenvalue weighted by atomic mass is 32.2. The van der Waals surface area contributed by atoms with Gasteiger partial charge in [0, 0.05) is 36.7 Å². The quantitative estimate of drug-likeness (QED) is 0.279. The van der Waals surface area contributed by atoms with Gasteiger partial charge < -0.3 is 10.1 Å². The van der Waals surface area contributed by atoms with Gasteiger partial charge in [0.2, 0.25) is 10.0 Å². The summed E-state index contributed by atoms with van der Waals surface area (Å²) in [5.74, 6) is -1.21. The van der Waals surface area contributed by atoms with E-state index in [4.69, 9.17) is 4.74 Å². The van der Waals surface area contributed by atoms with Crippen LogP contribution in [0.15, 0.2) is 59.5 Å². The van der Waals surface area contributed by atoms with Crippen LogP contribution in [0.1, 0.15) is 27.0 Å². The second-order valence-corrected chi connectivity index (χ2v) is 10.4. The number of sulfonamides is 1. The molecule has 34 heavy (non-hydrogen) atoms. The first-order valence-corrected chi connectivity index (χ1v) is 12.2. The lowest BCUT2D eigenvalue weighted by molar-refractivity contribution is -0.384. The summed E-state index contributed by atoms with van der Waals surface area (Å²) in [6, 6.07) is 12.8. The van der Waals surface area contributed by atoms with Gasteiger partial charge in [-0.3, -0.25) is 14.9 Å². The third-order valence-electron chi connectivity index (χ3n) is 4.68. The number of nitro benzene ring substituents is 1. The molecule has 0 unspecified atom stereocenters. The molecule has 12 heteroatoms. The molecule has 1 heterocycles. The van der Waals surface area contributed by atoms with E-state index in [9.17, 15) is 28.1 Å². The average molecular weight is 504 g/mol. The molecule has 0 atom stereocenters. The summed E-state index contributed by atoms with van der Waals surface area (Å²) in [6.45, 7) is 1.77. The molecule has 1 N–H and O–H groups in total. The van der Waals surface area contributed by atoms with Gasteiger partial charge in [-0.05, 0) is 42.8 Å². The zero-order chi connectivity index (χ0) is 25.0. The van der Waals surface area contributed by atoms with E-state index in [1.54, 1.807) is 19.1 Å². The van der Waals surface area contributed by atoms with Crippen molar-refractivity contribution in [1.29, 1.82) is 0 Å². The van der Waals surface area contributed by atoms with Crippen LogP contribution in [0.2, 0.25) is 0 Å². The number of nitro groups is 1. The Hall–Kier alpha value is -3.61. The zero-order valence-electron chi connectivity index (χ0n) is 18.5. The Morgan fingerprint density at radius 2 is 1.79 bits per heavy atom. The van der Waals surface area contributed by atoms with Gasteiger partial charge in [-0.1, -0.05) is 12.1 Å². The molecule has 0 aliphatic rings. The summed E-state index contributed by atoms with van der Waals surface area (Å²) >= 11 is 1.03. The fraction of sp³-hybridized carbons (Fsp3) is 0.182. The molecular formula is C22H21N3O7S2. The van der Waals surface area contributed by atoms with E-state index in [0.29, 0.717) is 10.4 Å². The number of rotatable bonds is 8. The molecule has 0 saturated heterocycles. The van der Waals surface area contributed by atoms with Crippen LogP contribution < -0.4 is 5.32 Å². The fourth-order valence-electron chi connectivity index (χ4n) is 2.93. The molecular weight excluding hydrogens is 482 g/mol. The topological polar surface area (TPSA) is 136 Å². The van der Waals surface area contributed by atoms with E-state index < -0.39 is 26.8 Å². The first-order chi connectivity index (χ1) is 16.0. The average Bonchev–Trinajstić information content (AvgIpc) is 3.23.